The Hall–Kier alpha value is -2.44. The molecule has 0 aliphatic heterocycles. The molecule has 1 aromatic carbocycles. The largest absolute Gasteiger partial charge is 0.493 e. The van der Waals surface area contributed by atoms with Gasteiger partial charge in [0.15, 0.2) is 11.5 Å². The molecule has 1 rings (SSSR count). The first-order valence-electron chi connectivity index (χ1n) is 7.69. The highest BCUT2D eigenvalue weighted by atomic mass is 16.6. The van der Waals surface area contributed by atoms with Crippen molar-refractivity contribution in [1.29, 1.82) is 0 Å². The quantitative estimate of drug-likeness (QED) is 0.742. The van der Waals surface area contributed by atoms with E-state index in [0.29, 0.717) is 24.6 Å². The number of carbonyl (C=O) groups is 2. The Bertz CT molecular complexity index is 567. The Morgan fingerprint density at radius 3 is 2.21 bits per heavy atom. The van der Waals surface area contributed by atoms with E-state index in [1.54, 1.807) is 53.2 Å². The topological polar surface area (TPSA) is 85.9 Å². The second kappa shape index (κ2) is 9.00. The fourth-order valence-corrected chi connectivity index (χ4v) is 1.92. The molecule has 0 aromatic heterocycles. The van der Waals surface area contributed by atoms with E-state index in [4.69, 9.17) is 14.2 Å². The monoisotopic (exact) mass is 338 g/mol. The zero-order valence-electron chi connectivity index (χ0n) is 14.9. The second-order valence-electron chi connectivity index (χ2n) is 6.14. The van der Waals surface area contributed by atoms with Crippen molar-refractivity contribution in [2.75, 3.05) is 27.3 Å². The minimum atomic E-state index is -0.541. The molecule has 0 saturated heterocycles. The van der Waals surface area contributed by atoms with Crippen LogP contribution in [0.1, 0.15) is 26.3 Å². The molecule has 0 heterocycles. The number of alkyl carbamates (subject to hydrolysis) is 1. The van der Waals surface area contributed by atoms with Crippen LogP contribution in [0.15, 0.2) is 18.2 Å². The van der Waals surface area contributed by atoms with E-state index in [2.05, 4.69) is 10.6 Å². The normalized spacial score (nSPS) is 10.7. The van der Waals surface area contributed by atoms with Gasteiger partial charge in [0, 0.05) is 13.1 Å². The molecule has 0 aliphatic rings. The molecule has 1 aromatic rings. The lowest BCUT2D eigenvalue weighted by molar-refractivity contribution is -0.120. The smallest absolute Gasteiger partial charge is 0.407 e. The molecule has 134 valence electrons. The second-order valence-corrected chi connectivity index (χ2v) is 6.14. The molecule has 0 fully saturated rings. The van der Waals surface area contributed by atoms with Crippen LogP contribution in [0.3, 0.4) is 0 Å². The molecule has 0 spiro atoms. The SMILES string of the molecule is COc1ccc(CC(=O)NCCNC(=O)OC(C)(C)C)cc1OC. The molecule has 0 atom stereocenters. The Labute approximate surface area is 142 Å². The van der Waals surface area contributed by atoms with Gasteiger partial charge in [0.05, 0.1) is 20.6 Å². The van der Waals surface area contributed by atoms with Crippen LogP contribution in [0.25, 0.3) is 0 Å². The van der Waals surface area contributed by atoms with Crippen LogP contribution in [-0.2, 0) is 16.0 Å². The first kappa shape index (κ1) is 19.6. The van der Waals surface area contributed by atoms with Crippen molar-refractivity contribution in [3.05, 3.63) is 23.8 Å². The summed E-state index contributed by atoms with van der Waals surface area (Å²) in [6.45, 7) is 5.99. The lowest BCUT2D eigenvalue weighted by Gasteiger charge is -2.19. The number of ether oxygens (including phenoxy) is 3. The summed E-state index contributed by atoms with van der Waals surface area (Å²) in [5.41, 5.74) is 0.269. The van der Waals surface area contributed by atoms with Crippen LogP contribution in [0.5, 0.6) is 11.5 Å². The first-order valence-corrected chi connectivity index (χ1v) is 7.69. The van der Waals surface area contributed by atoms with E-state index in [-0.39, 0.29) is 12.3 Å². The molecular formula is C17H26N2O5. The highest BCUT2D eigenvalue weighted by molar-refractivity contribution is 5.78. The van der Waals surface area contributed by atoms with Gasteiger partial charge in [-0.3, -0.25) is 4.79 Å². The van der Waals surface area contributed by atoms with Crippen molar-refractivity contribution in [1.82, 2.24) is 10.6 Å². The van der Waals surface area contributed by atoms with Crippen LogP contribution in [0.4, 0.5) is 4.79 Å². The van der Waals surface area contributed by atoms with Crippen LogP contribution in [0, 0.1) is 0 Å². The van der Waals surface area contributed by atoms with Gasteiger partial charge in [0.2, 0.25) is 5.91 Å². The van der Waals surface area contributed by atoms with Gasteiger partial charge in [0.1, 0.15) is 5.60 Å². The zero-order valence-corrected chi connectivity index (χ0v) is 14.9. The minimum absolute atomic E-state index is 0.145. The van der Waals surface area contributed by atoms with Gasteiger partial charge in [-0.2, -0.15) is 0 Å². The molecule has 2 N–H and O–H groups in total. The van der Waals surface area contributed by atoms with Crippen LogP contribution >= 0.6 is 0 Å². The van der Waals surface area contributed by atoms with Crippen molar-refractivity contribution < 1.29 is 23.8 Å². The van der Waals surface area contributed by atoms with Crippen LogP contribution in [0.2, 0.25) is 0 Å². The number of carbonyl (C=O) groups excluding carboxylic acids is 2. The van der Waals surface area contributed by atoms with Gasteiger partial charge >= 0.3 is 6.09 Å². The summed E-state index contributed by atoms with van der Waals surface area (Å²) >= 11 is 0. The first-order chi connectivity index (χ1) is 11.2. The summed E-state index contributed by atoms with van der Waals surface area (Å²) in [7, 11) is 3.10. The van der Waals surface area contributed by atoms with Crippen molar-refractivity contribution in [2.24, 2.45) is 0 Å². The number of hydrogen-bond donors (Lipinski definition) is 2. The lowest BCUT2D eigenvalue weighted by Crippen LogP contribution is -2.38. The van der Waals surface area contributed by atoms with E-state index in [0.717, 1.165) is 5.56 Å². The highest BCUT2D eigenvalue weighted by Crippen LogP contribution is 2.27. The van der Waals surface area contributed by atoms with E-state index in [1.807, 2.05) is 0 Å². The van der Waals surface area contributed by atoms with Gasteiger partial charge < -0.3 is 24.8 Å². The van der Waals surface area contributed by atoms with Gasteiger partial charge in [-0.05, 0) is 38.5 Å². The van der Waals surface area contributed by atoms with Gasteiger partial charge in [-0.1, -0.05) is 6.07 Å². The number of benzene rings is 1. The fraction of sp³-hybridized carbons (Fsp3) is 0.529. The summed E-state index contributed by atoms with van der Waals surface area (Å²) in [4.78, 5) is 23.4. The van der Waals surface area contributed by atoms with Gasteiger partial charge in [-0.15, -0.1) is 0 Å². The van der Waals surface area contributed by atoms with Gasteiger partial charge in [-0.25, -0.2) is 4.79 Å². The molecule has 0 radical (unpaired) electrons. The van der Waals surface area contributed by atoms with Crippen molar-refractivity contribution in [2.45, 2.75) is 32.8 Å². The number of methoxy groups -OCH3 is 2. The Morgan fingerprint density at radius 2 is 1.62 bits per heavy atom. The highest BCUT2D eigenvalue weighted by Gasteiger charge is 2.15. The third-order valence-electron chi connectivity index (χ3n) is 2.93. The van der Waals surface area contributed by atoms with E-state index in [1.165, 1.54) is 0 Å². The van der Waals surface area contributed by atoms with Crippen molar-refractivity contribution >= 4 is 12.0 Å². The molecule has 7 nitrogen and oxygen atoms in total. The predicted molar refractivity (Wildman–Crippen MR) is 90.5 cm³/mol. The standard InChI is InChI=1S/C17H26N2O5/c1-17(2,3)24-16(21)19-9-8-18-15(20)11-12-6-7-13(22-4)14(10-12)23-5/h6-7,10H,8-9,11H2,1-5H3,(H,18,20)(H,19,21). The number of rotatable bonds is 7. The molecule has 0 aliphatic carbocycles. The average molecular weight is 338 g/mol. The number of nitrogens with one attached hydrogen (secondary N) is 2. The zero-order chi connectivity index (χ0) is 18.2. The maximum atomic E-state index is 11.9. The number of hydrogen-bond acceptors (Lipinski definition) is 5. The third kappa shape index (κ3) is 7.21. The van der Waals surface area contributed by atoms with Crippen LogP contribution < -0.4 is 20.1 Å². The summed E-state index contributed by atoms with van der Waals surface area (Å²) in [5, 5.41) is 5.31. The summed E-state index contributed by atoms with van der Waals surface area (Å²) < 4.78 is 15.5. The average Bonchev–Trinajstić information content (AvgIpc) is 2.49. The molecule has 0 saturated carbocycles. The summed E-state index contributed by atoms with van der Waals surface area (Å²) in [6.07, 6.45) is -0.288. The van der Waals surface area contributed by atoms with E-state index >= 15 is 0 Å². The summed E-state index contributed by atoms with van der Waals surface area (Å²) in [5.74, 6) is 1.05. The molecule has 0 bridgehead atoms. The predicted octanol–water partition coefficient (Wildman–Crippen LogP) is 1.89. The lowest BCUT2D eigenvalue weighted by atomic mass is 10.1. The molecule has 0 unspecified atom stereocenters. The Kier molecular flexibility index (Phi) is 7.35. The molecular weight excluding hydrogens is 312 g/mol. The number of amides is 2. The van der Waals surface area contributed by atoms with E-state index < -0.39 is 11.7 Å². The van der Waals surface area contributed by atoms with Crippen molar-refractivity contribution in [3.63, 3.8) is 0 Å². The Balaban J connectivity index is 2.35. The van der Waals surface area contributed by atoms with Gasteiger partial charge in [0.25, 0.3) is 0 Å². The molecule has 7 heteroatoms. The maximum Gasteiger partial charge on any atom is 0.407 e. The maximum absolute atomic E-state index is 11.9. The summed E-state index contributed by atoms with van der Waals surface area (Å²) in [6, 6.07) is 5.32. The Morgan fingerprint density at radius 1 is 1.00 bits per heavy atom. The molecule has 24 heavy (non-hydrogen) atoms. The molecule has 2 amide bonds. The van der Waals surface area contributed by atoms with E-state index in [9.17, 15) is 9.59 Å². The minimum Gasteiger partial charge on any atom is -0.493 e. The van der Waals surface area contributed by atoms with Crippen molar-refractivity contribution in [3.8, 4) is 11.5 Å². The fourth-order valence-electron chi connectivity index (χ4n) is 1.92. The third-order valence-corrected chi connectivity index (χ3v) is 2.93. The van der Waals surface area contributed by atoms with Crippen LogP contribution in [-0.4, -0.2) is 44.9 Å².